The fourth-order valence-corrected chi connectivity index (χ4v) is 4.29. The van der Waals surface area contributed by atoms with E-state index in [1.807, 2.05) is 19.1 Å². The molecular weight excluding hydrogens is 431 g/mol. The molecule has 136 valence electrons. The summed E-state index contributed by atoms with van der Waals surface area (Å²) >= 11 is 2.25. The van der Waals surface area contributed by atoms with Crippen LogP contribution in [0.4, 0.5) is 0 Å². The van der Waals surface area contributed by atoms with Crippen molar-refractivity contribution in [2.75, 3.05) is 13.7 Å². The van der Waals surface area contributed by atoms with Crippen molar-refractivity contribution in [3.8, 4) is 5.75 Å². The molecule has 2 saturated carbocycles. The topological polar surface area (TPSA) is 52.6 Å². The predicted octanol–water partition coefficient (Wildman–Crippen LogP) is 4.34. The maximum Gasteiger partial charge on any atom is 0.309 e. The van der Waals surface area contributed by atoms with Gasteiger partial charge in [0, 0.05) is 5.92 Å². The molecule has 0 bridgehead atoms. The van der Waals surface area contributed by atoms with Gasteiger partial charge < -0.3 is 9.47 Å². The van der Waals surface area contributed by atoms with Crippen LogP contribution in [0.5, 0.6) is 5.75 Å². The van der Waals surface area contributed by atoms with Crippen LogP contribution in [0.2, 0.25) is 0 Å². The minimum atomic E-state index is -0.154. The molecule has 0 aliphatic heterocycles. The lowest BCUT2D eigenvalue weighted by atomic mass is 9.82. The maximum absolute atomic E-state index is 12.0. The van der Waals surface area contributed by atoms with E-state index >= 15 is 0 Å². The first-order chi connectivity index (χ1) is 12.0. The molecule has 0 aromatic heterocycles. The Morgan fingerprint density at radius 2 is 1.96 bits per heavy atom. The summed E-state index contributed by atoms with van der Waals surface area (Å²) in [5.74, 6) is 1.60. The monoisotopic (exact) mass is 456 g/mol. The zero-order chi connectivity index (χ0) is 18.0. The van der Waals surface area contributed by atoms with E-state index in [9.17, 15) is 9.59 Å². The van der Waals surface area contributed by atoms with E-state index in [-0.39, 0.29) is 36.1 Å². The highest BCUT2D eigenvalue weighted by Crippen LogP contribution is 2.47. The van der Waals surface area contributed by atoms with Gasteiger partial charge in [-0.15, -0.1) is 0 Å². The van der Waals surface area contributed by atoms with Crippen LogP contribution in [0, 0.1) is 21.3 Å². The molecule has 3 rings (SSSR count). The number of ether oxygens (including phenoxy) is 2. The summed E-state index contributed by atoms with van der Waals surface area (Å²) in [6.45, 7) is 2.11. The molecule has 4 nitrogen and oxygen atoms in total. The van der Waals surface area contributed by atoms with Gasteiger partial charge in [-0.3, -0.25) is 9.59 Å². The van der Waals surface area contributed by atoms with E-state index in [2.05, 4.69) is 28.7 Å². The quantitative estimate of drug-likeness (QED) is 0.432. The number of hydrogen-bond donors (Lipinski definition) is 0. The minimum absolute atomic E-state index is 0.153. The highest BCUT2D eigenvalue weighted by atomic mass is 127. The van der Waals surface area contributed by atoms with Gasteiger partial charge in [0.25, 0.3) is 0 Å². The third-order valence-electron chi connectivity index (χ3n) is 5.51. The van der Waals surface area contributed by atoms with Crippen molar-refractivity contribution in [2.24, 2.45) is 17.8 Å². The normalized spacial score (nSPS) is 19.6. The van der Waals surface area contributed by atoms with E-state index in [1.54, 1.807) is 0 Å². The molecule has 0 unspecified atom stereocenters. The van der Waals surface area contributed by atoms with Crippen LogP contribution in [0.3, 0.4) is 0 Å². The van der Waals surface area contributed by atoms with Gasteiger partial charge in [0.15, 0.2) is 5.78 Å². The Bertz CT molecular complexity index is 649. The van der Waals surface area contributed by atoms with Gasteiger partial charge in [-0.2, -0.15) is 0 Å². The Balaban J connectivity index is 1.69. The largest absolute Gasteiger partial charge is 0.485 e. The van der Waals surface area contributed by atoms with Gasteiger partial charge in [0.2, 0.25) is 0 Å². The Hall–Kier alpha value is -1.11. The molecule has 0 heterocycles. The Morgan fingerprint density at radius 1 is 1.24 bits per heavy atom. The fourth-order valence-electron chi connectivity index (χ4n) is 3.60. The van der Waals surface area contributed by atoms with Crippen LogP contribution >= 0.6 is 22.6 Å². The number of carbonyl (C=O) groups is 2. The van der Waals surface area contributed by atoms with Gasteiger partial charge in [0.1, 0.15) is 12.4 Å². The fraction of sp³-hybridized carbons (Fsp3) is 0.600. The molecule has 1 aromatic rings. The van der Waals surface area contributed by atoms with E-state index in [0.29, 0.717) is 5.92 Å². The Morgan fingerprint density at radius 3 is 2.48 bits per heavy atom. The number of halogens is 1. The van der Waals surface area contributed by atoms with E-state index in [1.165, 1.54) is 7.11 Å². The summed E-state index contributed by atoms with van der Waals surface area (Å²) in [4.78, 5) is 24.0. The zero-order valence-electron chi connectivity index (χ0n) is 14.8. The molecule has 0 saturated heterocycles. The lowest BCUT2D eigenvalue weighted by Crippen LogP contribution is -2.27. The second kappa shape index (κ2) is 8.06. The van der Waals surface area contributed by atoms with E-state index in [4.69, 9.17) is 9.47 Å². The molecule has 2 atom stereocenters. The minimum Gasteiger partial charge on any atom is -0.485 e. The first kappa shape index (κ1) is 18.7. The number of Topliss-reactive ketones (excluding diaryl/α,β-unsaturated/α-hetero) is 1. The lowest BCUT2D eigenvalue weighted by molar-refractivity contribution is -0.145. The summed E-state index contributed by atoms with van der Waals surface area (Å²) in [5.41, 5.74) is 1.16. The zero-order valence-corrected chi connectivity index (χ0v) is 17.0. The van der Waals surface area contributed by atoms with E-state index in [0.717, 1.165) is 47.0 Å². The molecule has 0 N–H and O–H groups in total. The number of ketones is 1. The van der Waals surface area contributed by atoms with Crippen molar-refractivity contribution in [1.29, 1.82) is 0 Å². The van der Waals surface area contributed by atoms with Crippen molar-refractivity contribution >= 4 is 34.3 Å². The van der Waals surface area contributed by atoms with Crippen molar-refractivity contribution in [3.63, 3.8) is 0 Å². The number of carbonyl (C=O) groups excluding carboxylic acids is 2. The molecular formula is C20H25IO4. The molecule has 0 spiro atoms. The number of methoxy groups -OCH3 is 1. The second-order valence-electron chi connectivity index (χ2n) is 7.25. The number of hydrogen-bond acceptors (Lipinski definition) is 4. The predicted molar refractivity (Wildman–Crippen MR) is 104 cm³/mol. The SMILES string of the molecule is COC(=O)[C@@H](C)[C@H](c1ccc(OCC(=O)C2CCC2)c(I)c1)C1CC1. The third-order valence-corrected chi connectivity index (χ3v) is 6.36. The van der Waals surface area contributed by atoms with Crippen molar-refractivity contribution in [1.82, 2.24) is 0 Å². The summed E-state index contributed by atoms with van der Waals surface area (Å²) in [6.07, 6.45) is 5.50. The number of rotatable bonds is 8. The summed E-state index contributed by atoms with van der Waals surface area (Å²) in [7, 11) is 1.45. The van der Waals surface area contributed by atoms with Crippen LogP contribution in [0.15, 0.2) is 18.2 Å². The van der Waals surface area contributed by atoms with Gasteiger partial charge in [0.05, 0.1) is 16.6 Å². The highest BCUT2D eigenvalue weighted by Gasteiger charge is 2.39. The molecule has 5 heteroatoms. The summed E-state index contributed by atoms with van der Waals surface area (Å²) < 4.78 is 11.7. The molecule has 2 aliphatic rings. The van der Waals surface area contributed by atoms with Crippen molar-refractivity contribution in [2.45, 2.75) is 44.9 Å². The Kier molecular flexibility index (Phi) is 6.02. The highest BCUT2D eigenvalue weighted by molar-refractivity contribution is 14.1. The van der Waals surface area contributed by atoms with Crippen LogP contribution in [-0.4, -0.2) is 25.5 Å². The van der Waals surface area contributed by atoms with Crippen molar-refractivity contribution in [3.05, 3.63) is 27.3 Å². The van der Waals surface area contributed by atoms with Crippen LogP contribution in [-0.2, 0) is 14.3 Å². The lowest BCUT2D eigenvalue weighted by Gasteiger charge is -2.24. The molecule has 1 aromatic carbocycles. The average Bonchev–Trinajstić information content (AvgIpc) is 3.36. The van der Waals surface area contributed by atoms with E-state index < -0.39 is 0 Å². The molecule has 2 aliphatic carbocycles. The number of benzene rings is 1. The summed E-state index contributed by atoms with van der Waals surface area (Å²) in [5, 5.41) is 0. The second-order valence-corrected chi connectivity index (χ2v) is 8.41. The van der Waals surface area contributed by atoms with Crippen LogP contribution < -0.4 is 4.74 Å². The maximum atomic E-state index is 12.0. The third kappa shape index (κ3) is 4.36. The van der Waals surface area contributed by atoms with Gasteiger partial charge in [-0.05, 0) is 77.8 Å². The molecule has 0 radical (unpaired) electrons. The molecule has 0 amide bonds. The first-order valence-electron chi connectivity index (χ1n) is 9.04. The van der Waals surface area contributed by atoms with Gasteiger partial charge in [-0.1, -0.05) is 19.4 Å². The smallest absolute Gasteiger partial charge is 0.309 e. The Labute approximate surface area is 162 Å². The van der Waals surface area contributed by atoms with Gasteiger partial charge >= 0.3 is 5.97 Å². The standard InChI is InChI=1S/C20H25IO4/c1-12(20(23)24-2)19(14-6-7-14)15-8-9-18(16(21)10-15)25-11-17(22)13-4-3-5-13/h8-10,12-14,19H,3-7,11H2,1-2H3/t12-,19-/m0/s1. The molecule has 25 heavy (non-hydrogen) atoms. The average molecular weight is 456 g/mol. The number of esters is 1. The van der Waals surface area contributed by atoms with Crippen LogP contribution in [0.1, 0.15) is 50.5 Å². The molecule has 2 fully saturated rings. The van der Waals surface area contributed by atoms with Crippen molar-refractivity contribution < 1.29 is 19.1 Å². The van der Waals surface area contributed by atoms with Gasteiger partial charge in [-0.25, -0.2) is 0 Å². The first-order valence-corrected chi connectivity index (χ1v) is 10.1. The van der Waals surface area contributed by atoms with Crippen LogP contribution in [0.25, 0.3) is 0 Å². The summed E-state index contributed by atoms with van der Waals surface area (Å²) in [6, 6.07) is 6.06.